The van der Waals surface area contributed by atoms with Crippen molar-refractivity contribution in [3.8, 4) is 0 Å². The van der Waals surface area contributed by atoms with E-state index >= 15 is 0 Å². The molecule has 1 atom stereocenters. The molecule has 0 aliphatic carbocycles. The van der Waals surface area contributed by atoms with Gasteiger partial charge in [-0.15, -0.1) is 5.10 Å². The van der Waals surface area contributed by atoms with Crippen LogP contribution < -0.4 is 0 Å². The molecule has 0 bridgehead atoms. The van der Waals surface area contributed by atoms with Gasteiger partial charge < -0.3 is 5.11 Å². The van der Waals surface area contributed by atoms with Gasteiger partial charge in [0.1, 0.15) is 11.3 Å². The summed E-state index contributed by atoms with van der Waals surface area (Å²) in [6.45, 7) is 1.72. The molecule has 0 aliphatic heterocycles. The summed E-state index contributed by atoms with van der Waals surface area (Å²) in [5.74, 6) is 0. The Kier molecular flexibility index (Phi) is 3.38. The van der Waals surface area contributed by atoms with E-state index in [9.17, 15) is 5.11 Å². The van der Waals surface area contributed by atoms with Crippen molar-refractivity contribution in [3.05, 3.63) is 44.6 Å². The number of aromatic nitrogens is 3. The fraction of sp³-hybridized carbons (Fsp3) is 0.273. The first-order chi connectivity index (χ1) is 7.94. The van der Waals surface area contributed by atoms with Crippen molar-refractivity contribution in [3.63, 3.8) is 0 Å². The predicted molar refractivity (Wildman–Crippen MR) is 71.5 cm³/mol. The highest BCUT2D eigenvalue weighted by Gasteiger charge is 2.33. The van der Waals surface area contributed by atoms with Crippen LogP contribution in [-0.2, 0) is 12.6 Å². The zero-order valence-corrected chi connectivity index (χ0v) is 12.5. The molecule has 6 heteroatoms. The van der Waals surface area contributed by atoms with Gasteiger partial charge in [-0.25, -0.2) is 4.68 Å². The Bertz CT molecular complexity index is 532. The molecule has 4 nitrogen and oxygen atoms in total. The Morgan fingerprint density at radius 1 is 1.29 bits per heavy atom. The van der Waals surface area contributed by atoms with Crippen molar-refractivity contribution in [1.29, 1.82) is 0 Å². The Balaban J connectivity index is 2.62. The molecule has 1 unspecified atom stereocenters. The van der Waals surface area contributed by atoms with Crippen LogP contribution in [0.5, 0.6) is 0 Å². The van der Waals surface area contributed by atoms with Crippen molar-refractivity contribution >= 4 is 31.9 Å². The zero-order valence-electron chi connectivity index (χ0n) is 9.35. The van der Waals surface area contributed by atoms with E-state index in [1.54, 1.807) is 18.7 Å². The molecule has 1 N–H and O–H groups in total. The van der Waals surface area contributed by atoms with Crippen LogP contribution in [-0.4, -0.2) is 20.1 Å². The molecule has 0 saturated carbocycles. The third kappa shape index (κ3) is 2.17. The smallest absolute Gasteiger partial charge is 0.154 e. The average Bonchev–Trinajstić information content (AvgIpc) is 2.59. The van der Waals surface area contributed by atoms with Crippen LogP contribution in [0.1, 0.15) is 18.2 Å². The summed E-state index contributed by atoms with van der Waals surface area (Å²) < 4.78 is 2.95. The third-order valence-corrected chi connectivity index (χ3v) is 3.87. The minimum atomic E-state index is -1.17. The van der Waals surface area contributed by atoms with Gasteiger partial charge in [-0.05, 0) is 28.9 Å². The molecule has 0 amide bonds. The van der Waals surface area contributed by atoms with Gasteiger partial charge in [-0.1, -0.05) is 39.3 Å². The number of hydrogen-bond acceptors (Lipinski definition) is 3. The summed E-state index contributed by atoms with van der Waals surface area (Å²) in [4.78, 5) is 0. The number of aryl methyl sites for hydroxylation is 1. The number of halogens is 2. The Morgan fingerprint density at radius 3 is 2.47 bits per heavy atom. The second-order valence-corrected chi connectivity index (χ2v) is 5.51. The van der Waals surface area contributed by atoms with Crippen LogP contribution in [0.15, 0.2) is 33.3 Å². The number of nitrogens with zero attached hydrogens (tertiary/aromatic N) is 3. The second kappa shape index (κ2) is 4.51. The van der Waals surface area contributed by atoms with Crippen molar-refractivity contribution in [2.75, 3.05) is 0 Å². The lowest BCUT2D eigenvalue weighted by Gasteiger charge is -2.25. The molecule has 17 heavy (non-hydrogen) atoms. The van der Waals surface area contributed by atoms with Gasteiger partial charge in [-0.3, -0.25) is 0 Å². The van der Waals surface area contributed by atoms with Gasteiger partial charge in [0.2, 0.25) is 0 Å². The van der Waals surface area contributed by atoms with Gasteiger partial charge in [0.15, 0.2) is 4.60 Å². The maximum Gasteiger partial charge on any atom is 0.154 e. The zero-order chi connectivity index (χ0) is 12.6. The molecule has 0 spiro atoms. The van der Waals surface area contributed by atoms with Crippen LogP contribution in [0.2, 0.25) is 0 Å². The highest BCUT2D eigenvalue weighted by atomic mass is 79.9. The largest absolute Gasteiger partial charge is 0.379 e. The summed E-state index contributed by atoms with van der Waals surface area (Å²) in [5.41, 5.74) is 0.215. The fourth-order valence-corrected chi connectivity index (χ4v) is 3.22. The first kappa shape index (κ1) is 12.7. The molecule has 1 aromatic carbocycles. The van der Waals surface area contributed by atoms with E-state index in [0.29, 0.717) is 10.3 Å². The standard InChI is InChI=1S/C11H11Br2N3O/c1-11(17,7-5-3-4-6-8(7)12)9-10(13)14-15-16(9)2/h3-6,17H,1-2H3. The van der Waals surface area contributed by atoms with Gasteiger partial charge >= 0.3 is 0 Å². The fourth-order valence-electron chi connectivity index (χ4n) is 1.83. The second-order valence-electron chi connectivity index (χ2n) is 3.90. The Labute approximate surface area is 116 Å². The van der Waals surface area contributed by atoms with Crippen molar-refractivity contribution < 1.29 is 5.11 Å². The number of hydrogen-bond donors (Lipinski definition) is 1. The lowest BCUT2D eigenvalue weighted by molar-refractivity contribution is 0.0913. The van der Waals surface area contributed by atoms with E-state index in [4.69, 9.17) is 0 Å². The Morgan fingerprint density at radius 2 is 1.94 bits per heavy atom. The van der Waals surface area contributed by atoms with Crippen LogP contribution in [0.3, 0.4) is 0 Å². The van der Waals surface area contributed by atoms with E-state index < -0.39 is 5.60 Å². The van der Waals surface area contributed by atoms with E-state index in [1.807, 2.05) is 24.3 Å². The molecule has 1 aromatic heterocycles. The van der Waals surface area contributed by atoms with Crippen molar-refractivity contribution in [2.45, 2.75) is 12.5 Å². The predicted octanol–water partition coefficient (Wildman–Crippen LogP) is 2.60. The quantitative estimate of drug-likeness (QED) is 0.895. The molecular weight excluding hydrogens is 350 g/mol. The lowest BCUT2D eigenvalue weighted by atomic mass is 9.93. The molecule has 0 radical (unpaired) electrons. The molecule has 0 saturated heterocycles. The first-order valence-electron chi connectivity index (χ1n) is 4.97. The maximum absolute atomic E-state index is 10.7. The van der Waals surface area contributed by atoms with Gasteiger partial charge in [-0.2, -0.15) is 0 Å². The summed E-state index contributed by atoms with van der Waals surface area (Å²) in [5, 5.41) is 18.5. The molecule has 90 valence electrons. The normalized spacial score (nSPS) is 14.6. The van der Waals surface area contributed by atoms with Gasteiger partial charge in [0.05, 0.1) is 0 Å². The lowest BCUT2D eigenvalue weighted by Crippen LogP contribution is -2.27. The summed E-state index contributed by atoms with van der Waals surface area (Å²) in [6.07, 6.45) is 0. The average molecular weight is 361 g/mol. The van der Waals surface area contributed by atoms with Gasteiger partial charge in [0.25, 0.3) is 0 Å². The monoisotopic (exact) mass is 359 g/mol. The van der Waals surface area contributed by atoms with Crippen LogP contribution >= 0.6 is 31.9 Å². The number of benzene rings is 1. The highest BCUT2D eigenvalue weighted by Crippen LogP contribution is 2.36. The van der Waals surface area contributed by atoms with Crippen molar-refractivity contribution in [2.24, 2.45) is 7.05 Å². The minimum Gasteiger partial charge on any atom is -0.379 e. The summed E-state index contributed by atoms with van der Waals surface area (Å²) >= 11 is 6.75. The minimum absolute atomic E-state index is 0.542. The van der Waals surface area contributed by atoms with Gasteiger partial charge in [0, 0.05) is 17.1 Å². The van der Waals surface area contributed by atoms with E-state index in [-0.39, 0.29) is 0 Å². The first-order valence-corrected chi connectivity index (χ1v) is 6.56. The molecule has 2 rings (SSSR count). The number of aliphatic hydroxyl groups is 1. The molecule has 1 heterocycles. The maximum atomic E-state index is 10.7. The van der Waals surface area contributed by atoms with Crippen LogP contribution in [0.25, 0.3) is 0 Å². The highest BCUT2D eigenvalue weighted by molar-refractivity contribution is 9.10. The SMILES string of the molecule is Cn1nnc(Br)c1C(C)(O)c1ccccc1Br. The summed E-state index contributed by atoms with van der Waals surface area (Å²) in [7, 11) is 1.75. The Hall–Kier alpha value is -0.720. The van der Waals surface area contributed by atoms with E-state index in [2.05, 4.69) is 42.2 Å². The molecule has 0 fully saturated rings. The summed E-state index contributed by atoms with van der Waals surface area (Å²) in [6, 6.07) is 7.54. The molecule has 0 aliphatic rings. The van der Waals surface area contributed by atoms with Crippen LogP contribution in [0, 0.1) is 0 Å². The topological polar surface area (TPSA) is 50.9 Å². The van der Waals surface area contributed by atoms with Crippen LogP contribution in [0.4, 0.5) is 0 Å². The number of rotatable bonds is 2. The van der Waals surface area contributed by atoms with Crippen molar-refractivity contribution in [1.82, 2.24) is 15.0 Å². The third-order valence-electron chi connectivity index (χ3n) is 2.65. The molecular formula is C11H11Br2N3O. The molecule has 2 aromatic rings. The van der Waals surface area contributed by atoms with E-state index in [0.717, 1.165) is 10.0 Å². The van der Waals surface area contributed by atoms with E-state index in [1.165, 1.54) is 0 Å².